The summed E-state index contributed by atoms with van der Waals surface area (Å²) < 4.78 is 46.1. The number of esters is 1. The van der Waals surface area contributed by atoms with Gasteiger partial charge in [0.25, 0.3) is 0 Å². The van der Waals surface area contributed by atoms with E-state index in [1.54, 1.807) is 36.4 Å². The molecule has 0 fully saturated rings. The third-order valence-corrected chi connectivity index (χ3v) is 5.89. The molecule has 0 radical (unpaired) electrons. The number of carbonyl (C=O) groups is 1. The molecule has 4 rings (SSSR count). The Balaban J connectivity index is 1.75. The number of amidine groups is 1. The second-order valence-electron chi connectivity index (χ2n) is 8.44. The van der Waals surface area contributed by atoms with E-state index in [4.69, 9.17) is 4.74 Å². The second kappa shape index (κ2) is 10.8. The normalized spacial score (nSPS) is 14.6. The van der Waals surface area contributed by atoms with E-state index in [2.05, 4.69) is 27.5 Å². The van der Waals surface area contributed by atoms with Crippen LogP contribution in [0.4, 0.5) is 24.5 Å². The van der Waals surface area contributed by atoms with Crippen LogP contribution in [0.15, 0.2) is 78.3 Å². The van der Waals surface area contributed by atoms with E-state index in [0.717, 1.165) is 18.2 Å². The summed E-state index contributed by atoms with van der Waals surface area (Å²) >= 11 is 0. The van der Waals surface area contributed by atoms with E-state index in [9.17, 15) is 18.0 Å². The van der Waals surface area contributed by atoms with E-state index < -0.39 is 23.9 Å². The maximum Gasteiger partial charge on any atom is 0.416 e. The maximum absolute atomic E-state index is 13.8. The maximum atomic E-state index is 13.8. The van der Waals surface area contributed by atoms with Crippen molar-refractivity contribution in [2.75, 3.05) is 24.3 Å². The first-order valence-electron chi connectivity index (χ1n) is 11.7. The Bertz CT molecular complexity index is 1350. The van der Waals surface area contributed by atoms with E-state index in [0.29, 0.717) is 40.5 Å². The first kappa shape index (κ1) is 25.8. The topological polar surface area (TPSA) is 74.8 Å². The highest BCUT2D eigenvalue weighted by molar-refractivity contribution is 6.09. The smallest absolute Gasteiger partial charge is 0.416 e. The summed E-state index contributed by atoms with van der Waals surface area (Å²) in [5, 5.41) is 9.61. The minimum absolute atomic E-state index is 0.00686. The number of para-hydroxylation sites is 1. The van der Waals surface area contributed by atoms with Gasteiger partial charge in [-0.1, -0.05) is 43.8 Å². The van der Waals surface area contributed by atoms with Crippen LogP contribution >= 0.6 is 0 Å². The predicted octanol–water partition coefficient (Wildman–Crippen LogP) is 6.45. The van der Waals surface area contributed by atoms with E-state index in [1.807, 2.05) is 19.1 Å². The van der Waals surface area contributed by atoms with Gasteiger partial charge in [0.15, 0.2) is 0 Å². The first-order valence-corrected chi connectivity index (χ1v) is 11.7. The monoisotopic (exact) mass is 508 g/mol. The van der Waals surface area contributed by atoms with Crippen LogP contribution in [-0.4, -0.2) is 25.5 Å². The zero-order chi connectivity index (χ0) is 26.6. The molecule has 1 aliphatic rings. The van der Waals surface area contributed by atoms with Crippen LogP contribution in [0, 0.1) is 0 Å². The summed E-state index contributed by atoms with van der Waals surface area (Å²) in [4.78, 5) is 16.8. The number of benzene rings is 3. The molecule has 0 saturated carbocycles. The van der Waals surface area contributed by atoms with E-state index >= 15 is 0 Å². The number of fused-ring (bicyclic) bond motifs is 1. The van der Waals surface area contributed by atoms with Gasteiger partial charge < -0.3 is 20.7 Å². The quantitative estimate of drug-likeness (QED) is 0.320. The molecule has 37 heavy (non-hydrogen) atoms. The average molecular weight is 509 g/mol. The van der Waals surface area contributed by atoms with Gasteiger partial charge in [0.2, 0.25) is 0 Å². The van der Waals surface area contributed by atoms with Crippen molar-refractivity contribution in [2.45, 2.75) is 25.7 Å². The summed E-state index contributed by atoms with van der Waals surface area (Å²) in [5.41, 5.74) is 2.67. The zero-order valence-corrected chi connectivity index (χ0v) is 20.4. The van der Waals surface area contributed by atoms with Crippen molar-refractivity contribution in [3.05, 3.63) is 101 Å². The lowest BCUT2D eigenvalue weighted by molar-refractivity contribution is -0.138. The lowest BCUT2D eigenvalue weighted by atomic mass is 10.0. The number of nitrogens with zero attached hydrogens (tertiary/aromatic N) is 1. The number of anilines is 2. The largest absolute Gasteiger partial charge is 0.465 e. The molecule has 0 aromatic heterocycles. The molecule has 0 bridgehead atoms. The number of ether oxygens (including phenoxy) is 1. The fraction of sp³-hybridized carbons (Fsp3) is 0.214. The highest BCUT2D eigenvalue weighted by Gasteiger charge is 2.36. The Morgan fingerprint density at radius 1 is 1.11 bits per heavy atom. The van der Waals surface area contributed by atoms with Crippen LogP contribution in [0.25, 0.3) is 5.70 Å². The molecule has 192 valence electrons. The molecule has 1 aliphatic heterocycles. The minimum Gasteiger partial charge on any atom is -0.465 e. The van der Waals surface area contributed by atoms with E-state index in [-0.39, 0.29) is 5.56 Å². The molecule has 3 aromatic carbocycles. The summed E-state index contributed by atoms with van der Waals surface area (Å²) in [6.45, 7) is 6.88. The Kier molecular flexibility index (Phi) is 7.52. The number of halogens is 3. The van der Waals surface area contributed by atoms with Crippen LogP contribution in [0.3, 0.4) is 0 Å². The summed E-state index contributed by atoms with van der Waals surface area (Å²) in [5.74, 6) is -0.143. The van der Waals surface area contributed by atoms with Crippen molar-refractivity contribution in [3.63, 3.8) is 0 Å². The third-order valence-electron chi connectivity index (χ3n) is 5.89. The number of aliphatic imine (C=N–C) groups is 1. The van der Waals surface area contributed by atoms with Crippen molar-refractivity contribution in [3.8, 4) is 0 Å². The minimum atomic E-state index is -4.53. The van der Waals surface area contributed by atoms with Gasteiger partial charge in [-0.3, -0.25) is 0 Å². The van der Waals surface area contributed by atoms with Crippen LogP contribution < -0.4 is 16.0 Å². The number of methoxy groups -OCH3 is 1. The second-order valence-corrected chi connectivity index (χ2v) is 8.44. The van der Waals surface area contributed by atoms with Crippen molar-refractivity contribution in [1.82, 2.24) is 5.32 Å². The van der Waals surface area contributed by atoms with Gasteiger partial charge in [-0.05, 0) is 42.8 Å². The Morgan fingerprint density at radius 3 is 2.57 bits per heavy atom. The zero-order valence-electron chi connectivity index (χ0n) is 20.4. The molecule has 1 unspecified atom stereocenters. The number of hydrogen-bond acceptors (Lipinski definition) is 6. The Morgan fingerprint density at radius 2 is 1.84 bits per heavy atom. The highest BCUT2D eigenvalue weighted by Crippen LogP contribution is 2.38. The van der Waals surface area contributed by atoms with Gasteiger partial charge in [-0.15, -0.1) is 0 Å². The highest BCUT2D eigenvalue weighted by atomic mass is 19.4. The molecular formula is C28H27F3N4O2. The van der Waals surface area contributed by atoms with Crippen LogP contribution in [0.5, 0.6) is 0 Å². The number of alkyl halides is 3. The molecule has 3 aromatic rings. The van der Waals surface area contributed by atoms with Gasteiger partial charge >= 0.3 is 12.1 Å². The fourth-order valence-corrected chi connectivity index (χ4v) is 4.10. The summed E-state index contributed by atoms with van der Waals surface area (Å²) in [7, 11) is 1.30. The lowest BCUT2D eigenvalue weighted by Crippen LogP contribution is -2.30. The van der Waals surface area contributed by atoms with Crippen molar-refractivity contribution >= 4 is 28.9 Å². The lowest BCUT2D eigenvalue weighted by Gasteiger charge is -2.28. The van der Waals surface area contributed by atoms with Gasteiger partial charge in [-0.2, -0.15) is 13.2 Å². The van der Waals surface area contributed by atoms with Gasteiger partial charge in [-0.25, -0.2) is 9.79 Å². The molecule has 3 N–H and O–H groups in total. The molecule has 1 heterocycles. The number of rotatable bonds is 7. The van der Waals surface area contributed by atoms with Gasteiger partial charge in [0.05, 0.1) is 18.2 Å². The van der Waals surface area contributed by atoms with Crippen molar-refractivity contribution in [2.24, 2.45) is 4.99 Å². The Labute approximate surface area is 213 Å². The molecule has 0 spiro atoms. The predicted molar refractivity (Wildman–Crippen MR) is 140 cm³/mol. The molecule has 0 amide bonds. The summed E-state index contributed by atoms with van der Waals surface area (Å²) in [6, 6.07) is 17.7. The molecule has 6 nitrogen and oxygen atoms in total. The fourth-order valence-electron chi connectivity index (χ4n) is 4.10. The number of hydrogen-bond donors (Lipinski definition) is 3. The standard InChI is InChI=1S/C28H27F3N4O2/c1-4-15-32-23-14-13-18(27(36)37-3)16-21(23)17(2)33-26-20-10-6-8-12-24(20)34-25(35-26)19-9-5-7-11-22(19)28(29,30)31/h5-14,16,25,32,34H,2,4,15H2,1,3H3,(H,33,35). The Hall–Kier alpha value is -4.27. The van der Waals surface area contributed by atoms with Crippen LogP contribution in [0.2, 0.25) is 0 Å². The third kappa shape index (κ3) is 5.61. The molecule has 9 heteroatoms. The number of carbonyl (C=O) groups excluding carboxylic acids is 1. The molecule has 0 aliphatic carbocycles. The van der Waals surface area contributed by atoms with Gasteiger partial charge in [0.1, 0.15) is 12.0 Å². The SMILES string of the molecule is C=C(NC1=NC(c2ccccc2C(F)(F)F)Nc2ccccc21)c1cc(C(=O)OC)ccc1NCCC. The molecular weight excluding hydrogens is 481 g/mol. The van der Waals surface area contributed by atoms with Crippen LogP contribution in [-0.2, 0) is 10.9 Å². The van der Waals surface area contributed by atoms with Crippen LogP contribution in [0.1, 0.15) is 52.1 Å². The van der Waals surface area contributed by atoms with Crippen molar-refractivity contribution < 1.29 is 22.7 Å². The van der Waals surface area contributed by atoms with E-state index in [1.165, 1.54) is 19.2 Å². The molecule has 0 saturated heterocycles. The summed E-state index contributed by atoms with van der Waals surface area (Å²) in [6.07, 6.45) is -4.64. The number of nitrogens with one attached hydrogen (secondary N) is 3. The first-order chi connectivity index (χ1) is 17.7. The average Bonchev–Trinajstić information content (AvgIpc) is 2.90. The van der Waals surface area contributed by atoms with Gasteiger partial charge in [0, 0.05) is 40.3 Å². The molecule has 1 atom stereocenters. The van der Waals surface area contributed by atoms with Crippen molar-refractivity contribution in [1.29, 1.82) is 0 Å².